The van der Waals surface area contributed by atoms with Gasteiger partial charge in [-0.25, -0.2) is 0 Å². The predicted octanol–water partition coefficient (Wildman–Crippen LogP) is 1.47. The van der Waals surface area contributed by atoms with Gasteiger partial charge in [-0.2, -0.15) is 15.0 Å². The Hall–Kier alpha value is -2.70. The molecule has 3 rings (SSSR count). The minimum atomic E-state index is -0.134. The van der Waals surface area contributed by atoms with Crippen molar-refractivity contribution in [2.24, 2.45) is 0 Å². The van der Waals surface area contributed by atoms with Crippen molar-refractivity contribution in [3.05, 3.63) is 41.7 Å². The van der Waals surface area contributed by atoms with E-state index < -0.39 is 0 Å². The smallest absolute Gasteiger partial charge is 0.251 e. The van der Waals surface area contributed by atoms with Crippen LogP contribution in [0.2, 0.25) is 0 Å². The molecule has 2 heterocycles. The highest BCUT2D eigenvalue weighted by molar-refractivity contribution is 5.93. The fourth-order valence-electron chi connectivity index (χ4n) is 2.58. The highest BCUT2D eigenvalue weighted by Crippen LogP contribution is 2.18. The molecule has 0 spiro atoms. The number of carbonyl (C=O) groups is 1. The summed E-state index contributed by atoms with van der Waals surface area (Å²) in [5, 5.41) is 2.87. The molecule has 24 heavy (non-hydrogen) atoms. The second kappa shape index (κ2) is 7.25. The lowest BCUT2D eigenvalue weighted by atomic mass is 10.2. The SMILES string of the molecule is CN(C)c1nc(CNC(=O)c2ccccc2)nc(N2CCCC2)n1. The second-order valence-corrected chi connectivity index (χ2v) is 5.99. The van der Waals surface area contributed by atoms with Crippen LogP contribution in [0.15, 0.2) is 30.3 Å². The molecule has 1 aromatic carbocycles. The molecule has 1 saturated heterocycles. The van der Waals surface area contributed by atoms with E-state index in [1.165, 1.54) is 0 Å². The molecule has 0 atom stereocenters. The van der Waals surface area contributed by atoms with Gasteiger partial charge in [-0.15, -0.1) is 0 Å². The number of aromatic nitrogens is 3. The van der Waals surface area contributed by atoms with Crippen molar-refractivity contribution in [1.29, 1.82) is 0 Å². The van der Waals surface area contributed by atoms with E-state index in [1.807, 2.05) is 37.2 Å². The number of hydrogen-bond donors (Lipinski definition) is 1. The Kier molecular flexibility index (Phi) is 4.88. The Labute approximate surface area is 141 Å². The van der Waals surface area contributed by atoms with Gasteiger partial charge in [-0.3, -0.25) is 4.79 Å². The van der Waals surface area contributed by atoms with Crippen molar-refractivity contribution < 1.29 is 4.79 Å². The largest absolute Gasteiger partial charge is 0.347 e. The summed E-state index contributed by atoms with van der Waals surface area (Å²) in [6, 6.07) is 9.13. The van der Waals surface area contributed by atoms with E-state index in [1.54, 1.807) is 12.1 Å². The molecule has 0 radical (unpaired) electrons. The first-order valence-corrected chi connectivity index (χ1v) is 8.14. The van der Waals surface area contributed by atoms with Gasteiger partial charge in [0.15, 0.2) is 5.82 Å². The van der Waals surface area contributed by atoms with Crippen LogP contribution in [0.25, 0.3) is 0 Å². The van der Waals surface area contributed by atoms with Crippen LogP contribution in [-0.4, -0.2) is 48.0 Å². The van der Waals surface area contributed by atoms with Gasteiger partial charge < -0.3 is 15.1 Å². The lowest BCUT2D eigenvalue weighted by Gasteiger charge is -2.18. The third-order valence-corrected chi connectivity index (χ3v) is 3.89. The zero-order valence-electron chi connectivity index (χ0n) is 14.1. The Morgan fingerprint density at radius 2 is 1.83 bits per heavy atom. The number of nitrogens with one attached hydrogen (secondary N) is 1. The van der Waals surface area contributed by atoms with Crippen LogP contribution in [0.4, 0.5) is 11.9 Å². The molecular formula is C17H22N6O. The lowest BCUT2D eigenvalue weighted by molar-refractivity contribution is 0.0950. The van der Waals surface area contributed by atoms with E-state index in [-0.39, 0.29) is 12.5 Å². The highest BCUT2D eigenvalue weighted by atomic mass is 16.1. The van der Waals surface area contributed by atoms with Crippen LogP contribution in [0, 0.1) is 0 Å². The van der Waals surface area contributed by atoms with Crippen LogP contribution in [0.3, 0.4) is 0 Å². The van der Waals surface area contributed by atoms with Crippen LogP contribution >= 0.6 is 0 Å². The molecule has 7 nitrogen and oxygen atoms in total. The minimum absolute atomic E-state index is 0.134. The van der Waals surface area contributed by atoms with E-state index in [9.17, 15) is 4.79 Å². The minimum Gasteiger partial charge on any atom is -0.347 e. The quantitative estimate of drug-likeness (QED) is 0.897. The van der Waals surface area contributed by atoms with Crippen molar-refractivity contribution in [2.75, 3.05) is 37.0 Å². The van der Waals surface area contributed by atoms with Crippen molar-refractivity contribution in [2.45, 2.75) is 19.4 Å². The lowest BCUT2D eigenvalue weighted by Crippen LogP contribution is -2.27. The first-order chi connectivity index (χ1) is 11.6. The molecule has 0 bridgehead atoms. The fraction of sp³-hybridized carbons (Fsp3) is 0.412. The summed E-state index contributed by atoms with van der Waals surface area (Å²) < 4.78 is 0. The Morgan fingerprint density at radius 3 is 2.50 bits per heavy atom. The number of amides is 1. The van der Waals surface area contributed by atoms with E-state index >= 15 is 0 Å². The van der Waals surface area contributed by atoms with Crippen LogP contribution in [-0.2, 0) is 6.54 Å². The van der Waals surface area contributed by atoms with E-state index in [4.69, 9.17) is 0 Å². The Bertz CT molecular complexity index is 697. The van der Waals surface area contributed by atoms with Crippen LogP contribution in [0.1, 0.15) is 29.0 Å². The third kappa shape index (κ3) is 3.79. The van der Waals surface area contributed by atoms with Crippen molar-refractivity contribution >= 4 is 17.8 Å². The summed E-state index contributed by atoms with van der Waals surface area (Å²) >= 11 is 0. The Morgan fingerprint density at radius 1 is 1.12 bits per heavy atom. The monoisotopic (exact) mass is 326 g/mol. The zero-order chi connectivity index (χ0) is 16.9. The summed E-state index contributed by atoms with van der Waals surface area (Å²) in [5.41, 5.74) is 0.624. The van der Waals surface area contributed by atoms with Crippen molar-refractivity contribution in [3.8, 4) is 0 Å². The molecule has 1 aromatic heterocycles. The molecule has 126 valence electrons. The van der Waals surface area contributed by atoms with Gasteiger partial charge in [-0.1, -0.05) is 18.2 Å². The highest BCUT2D eigenvalue weighted by Gasteiger charge is 2.18. The maximum atomic E-state index is 12.2. The standard InChI is InChI=1S/C17H22N6O/c1-22(2)16-19-14(20-17(21-16)23-10-6-7-11-23)12-18-15(24)13-8-4-3-5-9-13/h3-5,8-9H,6-7,10-12H2,1-2H3,(H,18,24). The fourth-order valence-corrected chi connectivity index (χ4v) is 2.58. The van der Waals surface area contributed by atoms with Crippen molar-refractivity contribution in [1.82, 2.24) is 20.3 Å². The summed E-state index contributed by atoms with van der Waals surface area (Å²) in [5.74, 6) is 1.73. The number of rotatable bonds is 5. The molecule has 0 unspecified atom stereocenters. The molecule has 2 aromatic rings. The van der Waals surface area contributed by atoms with Crippen LogP contribution < -0.4 is 15.1 Å². The van der Waals surface area contributed by atoms with Crippen molar-refractivity contribution in [3.63, 3.8) is 0 Å². The number of benzene rings is 1. The molecule has 0 aliphatic carbocycles. The second-order valence-electron chi connectivity index (χ2n) is 5.99. The van der Waals surface area contributed by atoms with E-state index in [0.29, 0.717) is 23.3 Å². The average molecular weight is 326 g/mol. The van der Waals surface area contributed by atoms with Gasteiger partial charge in [0.05, 0.1) is 6.54 Å². The summed E-state index contributed by atoms with van der Waals surface area (Å²) in [4.78, 5) is 29.7. The molecular weight excluding hydrogens is 304 g/mol. The zero-order valence-corrected chi connectivity index (χ0v) is 14.1. The summed E-state index contributed by atoms with van der Waals surface area (Å²) in [7, 11) is 3.80. The molecule has 1 fully saturated rings. The van der Waals surface area contributed by atoms with Gasteiger partial charge in [0.25, 0.3) is 5.91 Å². The van der Waals surface area contributed by atoms with Gasteiger partial charge >= 0.3 is 0 Å². The number of hydrogen-bond acceptors (Lipinski definition) is 6. The van der Waals surface area contributed by atoms with Gasteiger partial charge in [0, 0.05) is 32.7 Å². The predicted molar refractivity (Wildman–Crippen MR) is 93.2 cm³/mol. The number of anilines is 2. The molecule has 1 aliphatic rings. The van der Waals surface area contributed by atoms with Crippen LogP contribution in [0.5, 0.6) is 0 Å². The summed E-state index contributed by atoms with van der Waals surface area (Å²) in [6.45, 7) is 2.21. The average Bonchev–Trinajstić information content (AvgIpc) is 3.15. The molecule has 1 N–H and O–H groups in total. The maximum absolute atomic E-state index is 12.2. The van der Waals surface area contributed by atoms with E-state index in [2.05, 4.69) is 25.2 Å². The molecule has 7 heteroatoms. The third-order valence-electron chi connectivity index (χ3n) is 3.89. The van der Waals surface area contributed by atoms with E-state index in [0.717, 1.165) is 25.9 Å². The molecule has 0 saturated carbocycles. The Balaban J connectivity index is 1.75. The molecule has 1 aliphatic heterocycles. The summed E-state index contributed by atoms with van der Waals surface area (Å²) in [6.07, 6.45) is 2.31. The maximum Gasteiger partial charge on any atom is 0.251 e. The first-order valence-electron chi connectivity index (χ1n) is 8.14. The molecule has 1 amide bonds. The first kappa shape index (κ1) is 16.2. The van der Waals surface area contributed by atoms with Gasteiger partial charge in [0.2, 0.25) is 11.9 Å². The normalized spacial score (nSPS) is 13.8. The topological polar surface area (TPSA) is 74.2 Å². The number of carbonyl (C=O) groups excluding carboxylic acids is 1. The number of nitrogens with zero attached hydrogens (tertiary/aromatic N) is 5. The van der Waals surface area contributed by atoms with Gasteiger partial charge in [-0.05, 0) is 25.0 Å². The van der Waals surface area contributed by atoms with Gasteiger partial charge in [0.1, 0.15) is 0 Å².